The van der Waals surface area contributed by atoms with Gasteiger partial charge in [0.15, 0.2) is 0 Å². The smallest absolute Gasteiger partial charge is 0.310 e. The molecule has 0 amide bonds. The fourth-order valence-corrected chi connectivity index (χ4v) is 6.18. The van der Waals surface area contributed by atoms with Gasteiger partial charge in [-0.1, -0.05) is 109 Å². The van der Waals surface area contributed by atoms with Crippen LogP contribution in [0.25, 0.3) is 65.0 Å². The Morgan fingerprint density at radius 1 is 0.488 bits per heavy atom. The minimum absolute atomic E-state index is 0.409. The molecular weight excluding hydrogens is 499 g/mol. The zero-order chi connectivity index (χ0) is 28.4. The van der Waals surface area contributed by atoms with Gasteiger partial charge in [0.05, 0.1) is 11.2 Å². The van der Waals surface area contributed by atoms with E-state index in [0.717, 1.165) is 5.46 Å². The highest BCUT2D eigenvalue weighted by molar-refractivity contribution is 6.57. The molecule has 0 heterocycles. The Labute approximate surface area is 241 Å². The van der Waals surface area contributed by atoms with E-state index < -0.39 is 11.2 Å². The number of hydrogen-bond acceptors (Lipinski definition) is 2. The Kier molecular flexibility index (Phi) is 5.94. The van der Waals surface area contributed by atoms with Crippen LogP contribution < -0.4 is 5.46 Å². The average Bonchev–Trinajstić information content (AvgIpc) is 2.98. The van der Waals surface area contributed by atoms with Gasteiger partial charge in [-0.3, -0.25) is 0 Å². The van der Waals surface area contributed by atoms with Crippen LogP contribution in [-0.4, -0.2) is 23.8 Å². The van der Waals surface area contributed by atoms with E-state index in [2.05, 4.69) is 115 Å². The average molecular weight is 532 g/mol. The molecule has 7 aromatic rings. The molecule has 0 saturated carbocycles. The van der Waals surface area contributed by atoms with Gasteiger partial charge in [0, 0.05) is 0 Å². The van der Waals surface area contributed by atoms with Crippen molar-refractivity contribution >= 4 is 66.8 Å². The number of aliphatic hydroxyl groups is 1. The van der Waals surface area contributed by atoms with Crippen LogP contribution in [0.5, 0.6) is 0 Å². The lowest BCUT2D eigenvalue weighted by molar-refractivity contribution is -0.0892. The highest BCUT2D eigenvalue weighted by Crippen LogP contribution is 2.40. The van der Waals surface area contributed by atoms with Crippen LogP contribution in [0.2, 0.25) is 0 Å². The molecule has 0 unspecified atom stereocenters. The van der Waals surface area contributed by atoms with E-state index in [1.807, 2.05) is 13.8 Å². The van der Waals surface area contributed by atoms with Crippen molar-refractivity contribution in [1.29, 1.82) is 0 Å². The molecule has 41 heavy (non-hydrogen) atoms. The van der Waals surface area contributed by atoms with Crippen LogP contribution >= 0.6 is 0 Å². The van der Waals surface area contributed by atoms with E-state index in [1.165, 1.54) is 65.0 Å². The first-order valence-electron chi connectivity index (χ1n) is 14.4. The highest BCUT2D eigenvalue weighted by atomic mass is 16.5. The largest absolute Gasteiger partial charge is 0.427 e. The molecule has 7 aromatic carbocycles. The molecule has 0 radical (unpaired) electrons. The molecule has 7 rings (SSSR count). The maximum Gasteiger partial charge on any atom is 0.310 e. The molecule has 3 heteroatoms. The lowest BCUT2D eigenvalue weighted by atomic mass is 9.75. The van der Waals surface area contributed by atoms with E-state index >= 15 is 0 Å². The standard InChI is InChI=1S/C38H33BO2/c1-37(2,40)38(3,4)41-39-36-32-19-11-9-17-30(32)35(31-18-10-12-20-33(31)36)24-21-22-29-27-15-6-5-13-25(27)26-14-7-8-16-28(26)34(29)23-24/h5-23,39-40H,1-4H3. The van der Waals surface area contributed by atoms with Gasteiger partial charge in [0.1, 0.15) is 0 Å². The molecule has 0 aliphatic rings. The second-order valence-electron chi connectivity index (χ2n) is 12.2. The summed E-state index contributed by atoms with van der Waals surface area (Å²) in [5.74, 6) is 0. The third-order valence-electron chi connectivity index (χ3n) is 9.13. The van der Waals surface area contributed by atoms with Crippen LogP contribution in [-0.2, 0) is 4.65 Å². The van der Waals surface area contributed by atoms with Crippen LogP contribution in [0, 0.1) is 0 Å². The van der Waals surface area contributed by atoms with Crippen LogP contribution in [0.1, 0.15) is 27.7 Å². The zero-order valence-corrected chi connectivity index (χ0v) is 24.0. The third kappa shape index (κ3) is 4.11. The second-order valence-corrected chi connectivity index (χ2v) is 12.2. The van der Waals surface area contributed by atoms with Gasteiger partial charge in [-0.2, -0.15) is 0 Å². The van der Waals surface area contributed by atoms with Crippen molar-refractivity contribution in [3.63, 3.8) is 0 Å². The monoisotopic (exact) mass is 532 g/mol. The first-order chi connectivity index (χ1) is 19.7. The van der Waals surface area contributed by atoms with Gasteiger partial charge in [0.2, 0.25) is 0 Å². The first kappa shape index (κ1) is 25.8. The summed E-state index contributed by atoms with van der Waals surface area (Å²) in [6, 6.07) is 41.7. The molecule has 0 aliphatic carbocycles. The Balaban J connectivity index is 1.51. The van der Waals surface area contributed by atoms with Crippen molar-refractivity contribution < 1.29 is 9.76 Å². The molecule has 0 atom stereocenters. The van der Waals surface area contributed by atoms with Gasteiger partial charge in [0.25, 0.3) is 0 Å². The molecule has 0 aromatic heterocycles. The van der Waals surface area contributed by atoms with E-state index in [0.29, 0.717) is 7.48 Å². The predicted octanol–water partition coefficient (Wildman–Crippen LogP) is 8.66. The zero-order valence-electron chi connectivity index (χ0n) is 24.0. The molecule has 2 nitrogen and oxygen atoms in total. The van der Waals surface area contributed by atoms with Crippen molar-refractivity contribution in [1.82, 2.24) is 0 Å². The fraction of sp³-hybridized carbons (Fsp3) is 0.158. The van der Waals surface area contributed by atoms with Crippen molar-refractivity contribution in [3.8, 4) is 11.1 Å². The Morgan fingerprint density at radius 3 is 1.34 bits per heavy atom. The van der Waals surface area contributed by atoms with Crippen LogP contribution in [0.4, 0.5) is 0 Å². The lowest BCUT2D eigenvalue weighted by Crippen LogP contribution is -2.49. The summed E-state index contributed by atoms with van der Waals surface area (Å²) >= 11 is 0. The topological polar surface area (TPSA) is 29.5 Å². The van der Waals surface area contributed by atoms with Crippen molar-refractivity contribution in [2.45, 2.75) is 38.9 Å². The summed E-state index contributed by atoms with van der Waals surface area (Å²) in [4.78, 5) is 0. The lowest BCUT2D eigenvalue weighted by Gasteiger charge is -2.37. The highest BCUT2D eigenvalue weighted by Gasteiger charge is 2.36. The number of benzene rings is 7. The Bertz CT molecular complexity index is 2030. The molecular formula is C38H33BO2. The summed E-state index contributed by atoms with van der Waals surface area (Å²) in [5.41, 5.74) is 1.90. The summed E-state index contributed by atoms with van der Waals surface area (Å²) in [5, 5.41) is 23.2. The normalized spacial score (nSPS) is 12.6. The quantitative estimate of drug-likeness (QED) is 0.137. The molecule has 200 valence electrons. The van der Waals surface area contributed by atoms with Gasteiger partial charge < -0.3 is 9.76 Å². The van der Waals surface area contributed by atoms with E-state index in [9.17, 15) is 5.11 Å². The van der Waals surface area contributed by atoms with E-state index in [4.69, 9.17) is 4.65 Å². The summed E-state index contributed by atoms with van der Waals surface area (Å²) in [7, 11) is 0.409. The fourth-order valence-electron chi connectivity index (χ4n) is 6.18. The minimum Gasteiger partial charge on any atom is -0.427 e. The summed E-state index contributed by atoms with van der Waals surface area (Å²) in [6.07, 6.45) is 0. The van der Waals surface area contributed by atoms with Crippen LogP contribution in [0.15, 0.2) is 115 Å². The molecule has 1 N–H and O–H groups in total. The minimum atomic E-state index is -0.976. The predicted molar refractivity (Wildman–Crippen MR) is 178 cm³/mol. The number of rotatable bonds is 5. The van der Waals surface area contributed by atoms with Gasteiger partial charge >= 0.3 is 7.48 Å². The maximum atomic E-state index is 10.7. The van der Waals surface area contributed by atoms with Gasteiger partial charge in [-0.15, -0.1) is 0 Å². The second kappa shape index (κ2) is 9.44. The SMILES string of the molecule is CC(C)(O)C(C)(C)OBc1c2ccccc2c(-c2ccc3c4ccccc4c4ccccc4c3c2)c2ccccc12. The number of fused-ring (bicyclic) bond motifs is 8. The van der Waals surface area contributed by atoms with Crippen molar-refractivity contribution in [2.75, 3.05) is 0 Å². The molecule has 0 aliphatic heterocycles. The Morgan fingerprint density at radius 2 is 0.878 bits per heavy atom. The van der Waals surface area contributed by atoms with E-state index in [-0.39, 0.29) is 0 Å². The number of hydrogen-bond donors (Lipinski definition) is 1. The van der Waals surface area contributed by atoms with E-state index in [1.54, 1.807) is 13.8 Å². The van der Waals surface area contributed by atoms with Gasteiger partial charge in [-0.25, -0.2) is 0 Å². The molecule has 0 fully saturated rings. The third-order valence-corrected chi connectivity index (χ3v) is 9.13. The first-order valence-corrected chi connectivity index (χ1v) is 14.4. The Hall–Kier alpha value is -4.18. The molecule has 0 spiro atoms. The van der Waals surface area contributed by atoms with Crippen molar-refractivity contribution in [2.24, 2.45) is 0 Å². The van der Waals surface area contributed by atoms with Crippen molar-refractivity contribution in [3.05, 3.63) is 115 Å². The molecule has 0 bridgehead atoms. The molecule has 0 saturated heterocycles. The summed E-state index contributed by atoms with van der Waals surface area (Å²) in [6.45, 7) is 7.52. The van der Waals surface area contributed by atoms with Gasteiger partial charge in [-0.05, 0) is 104 Å². The van der Waals surface area contributed by atoms with Crippen LogP contribution in [0.3, 0.4) is 0 Å². The summed E-state index contributed by atoms with van der Waals surface area (Å²) < 4.78 is 6.44. The maximum absolute atomic E-state index is 10.7.